The third kappa shape index (κ3) is 11.2. The molecule has 0 N–H and O–H groups in total. The lowest BCUT2D eigenvalue weighted by molar-refractivity contribution is 0.0626. The fourth-order valence-corrected chi connectivity index (χ4v) is 4.65. The summed E-state index contributed by atoms with van der Waals surface area (Å²) in [5.41, 5.74) is 3.74. The number of carbonyl (C=O) groups is 1. The molecule has 1 unspecified atom stereocenters. The number of carbonyl (C=O) groups excluding carboxylic acids is 1. The van der Waals surface area contributed by atoms with Crippen LogP contribution in [0, 0.1) is 0 Å². The molecule has 0 heterocycles. The van der Waals surface area contributed by atoms with Gasteiger partial charge in [-0.2, -0.15) is 0 Å². The first kappa shape index (κ1) is 31.4. The van der Waals surface area contributed by atoms with Crippen molar-refractivity contribution in [3.63, 3.8) is 0 Å². The molecule has 0 amide bonds. The van der Waals surface area contributed by atoms with Gasteiger partial charge in [-0.25, -0.2) is 4.79 Å². The monoisotopic (exact) mass is 544 g/mol. The highest BCUT2D eigenvalue weighted by Crippen LogP contribution is 2.26. The van der Waals surface area contributed by atoms with Crippen molar-refractivity contribution in [2.24, 2.45) is 0 Å². The molecule has 4 nitrogen and oxygen atoms in total. The summed E-state index contributed by atoms with van der Waals surface area (Å²) in [5.74, 6) is 1.06. The molecule has 0 aliphatic heterocycles. The summed E-state index contributed by atoms with van der Waals surface area (Å²) in [6.45, 7) is 8.05. The topological polar surface area (TPSA) is 44.8 Å². The zero-order valence-corrected chi connectivity index (χ0v) is 24.8. The molecule has 0 aromatic heterocycles. The average molecular weight is 545 g/mol. The molecule has 0 radical (unpaired) electrons. The Hall–Kier alpha value is -3.11. The zero-order chi connectivity index (χ0) is 28.4. The van der Waals surface area contributed by atoms with E-state index < -0.39 is 0 Å². The lowest BCUT2D eigenvalue weighted by Crippen LogP contribution is -2.09. The second-order valence-corrected chi connectivity index (χ2v) is 10.6. The van der Waals surface area contributed by atoms with Crippen LogP contribution in [0.1, 0.15) is 113 Å². The highest BCUT2D eigenvalue weighted by atomic mass is 16.5. The summed E-state index contributed by atoms with van der Waals surface area (Å²) in [5, 5.41) is 0. The summed E-state index contributed by atoms with van der Waals surface area (Å²) in [4.78, 5) is 12.7. The van der Waals surface area contributed by atoms with Crippen LogP contribution in [0.3, 0.4) is 0 Å². The number of esters is 1. The maximum atomic E-state index is 12.7. The molecule has 0 spiro atoms. The summed E-state index contributed by atoms with van der Waals surface area (Å²) < 4.78 is 17.5. The van der Waals surface area contributed by atoms with Crippen molar-refractivity contribution in [1.29, 1.82) is 0 Å². The van der Waals surface area contributed by atoms with Gasteiger partial charge in [0.05, 0.1) is 18.3 Å². The highest BCUT2D eigenvalue weighted by Gasteiger charge is 2.11. The molecule has 0 fully saturated rings. The van der Waals surface area contributed by atoms with E-state index in [0.29, 0.717) is 11.3 Å². The van der Waals surface area contributed by atoms with E-state index in [-0.39, 0.29) is 12.1 Å². The molecule has 216 valence electrons. The Bertz CT molecular complexity index is 1090. The van der Waals surface area contributed by atoms with Gasteiger partial charge in [-0.1, -0.05) is 108 Å². The van der Waals surface area contributed by atoms with Gasteiger partial charge in [0.2, 0.25) is 0 Å². The van der Waals surface area contributed by atoms with E-state index in [1.54, 1.807) is 0 Å². The molecule has 0 saturated heterocycles. The number of unbranched alkanes of at least 4 members (excludes halogenated alkanes) is 9. The van der Waals surface area contributed by atoms with Crippen molar-refractivity contribution < 1.29 is 19.0 Å². The summed E-state index contributed by atoms with van der Waals surface area (Å²) >= 11 is 0. The second-order valence-electron chi connectivity index (χ2n) is 10.6. The number of rotatable bonds is 19. The summed E-state index contributed by atoms with van der Waals surface area (Å²) in [7, 11) is 0. The van der Waals surface area contributed by atoms with Gasteiger partial charge in [-0.05, 0) is 72.9 Å². The van der Waals surface area contributed by atoms with E-state index in [1.807, 2.05) is 60.7 Å². The van der Waals surface area contributed by atoms with E-state index in [2.05, 4.69) is 32.9 Å². The van der Waals surface area contributed by atoms with Crippen molar-refractivity contribution in [1.82, 2.24) is 0 Å². The van der Waals surface area contributed by atoms with Gasteiger partial charge in [0.15, 0.2) is 0 Å². The van der Waals surface area contributed by atoms with E-state index in [4.69, 9.17) is 14.2 Å². The van der Waals surface area contributed by atoms with Crippen LogP contribution in [-0.4, -0.2) is 19.2 Å². The molecule has 3 aromatic rings. The van der Waals surface area contributed by atoms with Gasteiger partial charge in [-0.15, -0.1) is 0 Å². The van der Waals surface area contributed by atoms with Crippen molar-refractivity contribution in [2.75, 3.05) is 13.2 Å². The lowest BCUT2D eigenvalue weighted by Gasteiger charge is -2.14. The Morgan fingerprint density at radius 2 is 1.10 bits per heavy atom. The third-order valence-electron chi connectivity index (χ3n) is 7.25. The number of hydrogen-bond donors (Lipinski definition) is 0. The van der Waals surface area contributed by atoms with Crippen LogP contribution in [0.5, 0.6) is 11.5 Å². The molecule has 40 heavy (non-hydrogen) atoms. The standard InChI is InChI=1S/C36H48O4/c1-4-6-8-10-12-14-28-39-34-23-19-31(20-24-34)32-21-25-35(26-22-32)40-36(37)33-17-15-30(16-18-33)29(3)38-27-13-11-9-7-5-2/h15-26,29H,4-14,27-28H2,1-3H3. The Morgan fingerprint density at radius 3 is 1.68 bits per heavy atom. The van der Waals surface area contributed by atoms with Gasteiger partial charge >= 0.3 is 5.97 Å². The van der Waals surface area contributed by atoms with E-state index in [0.717, 1.165) is 48.5 Å². The van der Waals surface area contributed by atoms with Gasteiger partial charge in [0.25, 0.3) is 0 Å². The second kappa shape index (κ2) is 18.3. The van der Waals surface area contributed by atoms with Crippen molar-refractivity contribution in [3.05, 3.63) is 83.9 Å². The highest BCUT2D eigenvalue weighted by molar-refractivity contribution is 5.91. The minimum Gasteiger partial charge on any atom is -0.494 e. The fourth-order valence-electron chi connectivity index (χ4n) is 4.65. The molecule has 0 saturated carbocycles. The lowest BCUT2D eigenvalue weighted by atomic mass is 10.1. The van der Waals surface area contributed by atoms with Crippen LogP contribution in [-0.2, 0) is 4.74 Å². The van der Waals surface area contributed by atoms with Crippen LogP contribution < -0.4 is 9.47 Å². The number of benzene rings is 3. The van der Waals surface area contributed by atoms with Crippen LogP contribution in [0.2, 0.25) is 0 Å². The van der Waals surface area contributed by atoms with E-state index >= 15 is 0 Å². The van der Waals surface area contributed by atoms with Crippen LogP contribution in [0.25, 0.3) is 11.1 Å². The molecule has 3 rings (SSSR count). The molecule has 3 aromatic carbocycles. The number of ether oxygens (including phenoxy) is 3. The molecule has 4 heteroatoms. The molecular weight excluding hydrogens is 496 g/mol. The number of hydrogen-bond acceptors (Lipinski definition) is 4. The minimum absolute atomic E-state index is 0.00439. The average Bonchev–Trinajstić information content (AvgIpc) is 2.99. The molecule has 0 aliphatic carbocycles. The first-order chi connectivity index (χ1) is 19.6. The SMILES string of the molecule is CCCCCCCCOc1ccc(-c2ccc(OC(=O)c3ccc(C(C)OCCCCCCC)cc3)cc2)cc1. The smallest absolute Gasteiger partial charge is 0.343 e. The molecular formula is C36H48O4. The molecule has 1 atom stereocenters. The van der Waals surface area contributed by atoms with Crippen molar-refractivity contribution in [3.8, 4) is 22.6 Å². The predicted molar refractivity (Wildman–Crippen MR) is 165 cm³/mol. The van der Waals surface area contributed by atoms with E-state index in [9.17, 15) is 4.79 Å². The first-order valence-electron chi connectivity index (χ1n) is 15.4. The van der Waals surface area contributed by atoms with Gasteiger partial charge < -0.3 is 14.2 Å². The fraction of sp³-hybridized carbons (Fsp3) is 0.472. The Kier molecular flexibility index (Phi) is 14.4. The Morgan fingerprint density at radius 1 is 0.600 bits per heavy atom. The van der Waals surface area contributed by atoms with Crippen molar-refractivity contribution >= 4 is 5.97 Å². The zero-order valence-electron chi connectivity index (χ0n) is 24.8. The Balaban J connectivity index is 1.42. The van der Waals surface area contributed by atoms with Crippen LogP contribution >= 0.6 is 0 Å². The largest absolute Gasteiger partial charge is 0.494 e. The third-order valence-corrected chi connectivity index (χ3v) is 7.25. The summed E-state index contributed by atoms with van der Waals surface area (Å²) in [6, 6.07) is 23.3. The van der Waals surface area contributed by atoms with E-state index in [1.165, 1.54) is 57.8 Å². The predicted octanol–water partition coefficient (Wildman–Crippen LogP) is 10.4. The maximum absolute atomic E-state index is 12.7. The molecule has 0 aliphatic rings. The minimum atomic E-state index is -0.365. The normalized spacial score (nSPS) is 11.8. The van der Waals surface area contributed by atoms with Gasteiger partial charge in [0, 0.05) is 6.61 Å². The first-order valence-corrected chi connectivity index (χ1v) is 15.4. The maximum Gasteiger partial charge on any atom is 0.343 e. The van der Waals surface area contributed by atoms with Gasteiger partial charge in [0.1, 0.15) is 11.5 Å². The van der Waals surface area contributed by atoms with Crippen LogP contribution in [0.4, 0.5) is 0 Å². The summed E-state index contributed by atoms with van der Waals surface area (Å²) in [6.07, 6.45) is 13.7. The quantitative estimate of drug-likeness (QED) is 0.0855. The molecule has 0 bridgehead atoms. The van der Waals surface area contributed by atoms with Crippen LogP contribution in [0.15, 0.2) is 72.8 Å². The van der Waals surface area contributed by atoms with Crippen molar-refractivity contribution in [2.45, 2.75) is 97.5 Å². The van der Waals surface area contributed by atoms with Gasteiger partial charge in [-0.3, -0.25) is 0 Å². The Labute approximate surface area is 242 Å².